The summed E-state index contributed by atoms with van der Waals surface area (Å²) in [4.78, 5) is 23.7. The highest BCUT2D eigenvalue weighted by Crippen LogP contribution is 2.14. The van der Waals surface area contributed by atoms with E-state index in [0.29, 0.717) is 0 Å². The third-order valence-corrected chi connectivity index (χ3v) is 5.02. The van der Waals surface area contributed by atoms with Crippen LogP contribution in [-0.2, 0) is 24.1 Å². The van der Waals surface area contributed by atoms with Crippen molar-refractivity contribution in [2.24, 2.45) is 0 Å². The fourth-order valence-electron chi connectivity index (χ4n) is 2.07. The summed E-state index contributed by atoms with van der Waals surface area (Å²) in [5.41, 5.74) is 0.189. The third-order valence-electron chi connectivity index (χ3n) is 3.23. The molecule has 0 unspecified atom stereocenters. The zero-order valence-electron chi connectivity index (χ0n) is 16.3. The van der Waals surface area contributed by atoms with Gasteiger partial charge in [-0.05, 0) is 46.8 Å². The molecule has 0 spiro atoms. The molecule has 1 amide bonds. The van der Waals surface area contributed by atoms with Gasteiger partial charge in [0.05, 0.1) is 23.3 Å². The Kier molecular flexibility index (Phi) is 8.02. The average molecular weight is 397 g/mol. The molecule has 0 saturated carbocycles. The van der Waals surface area contributed by atoms with Gasteiger partial charge in [0.25, 0.3) is 0 Å². The van der Waals surface area contributed by atoms with Crippen LogP contribution in [0.1, 0.15) is 33.3 Å². The van der Waals surface area contributed by atoms with Crippen LogP contribution in [0.15, 0.2) is 41.3 Å². The zero-order valence-corrected chi connectivity index (χ0v) is 17.1. The Morgan fingerprint density at radius 3 is 2.30 bits per heavy atom. The zero-order chi connectivity index (χ0) is 20.7. The predicted molar refractivity (Wildman–Crippen MR) is 102 cm³/mol. The molecule has 7 nitrogen and oxygen atoms in total. The minimum absolute atomic E-state index is 0.133. The number of carbonyl (C=O) groups is 2. The molecule has 1 aromatic rings. The lowest BCUT2D eigenvalue weighted by Gasteiger charge is -2.22. The van der Waals surface area contributed by atoms with Crippen LogP contribution in [0.5, 0.6) is 0 Å². The van der Waals surface area contributed by atoms with Crippen molar-refractivity contribution in [1.29, 1.82) is 0 Å². The molecule has 0 heterocycles. The van der Waals surface area contributed by atoms with E-state index in [0.717, 1.165) is 11.6 Å². The van der Waals surface area contributed by atoms with Gasteiger partial charge in [-0.15, -0.1) is 0 Å². The van der Waals surface area contributed by atoms with E-state index in [1.807, 2.05) is 6.92 Å². The van der Waals surface area contributed by atoms with Gasteiger partial charge in [-0.1, -0.05) is 23.8 Å². The molecule has 0 saturated heterocycles. The first-order chi connectivity index (χ1) is 12.4. The van der Waals surface area contributed by atoms with E-state index in [9.17, 15) is 18.0 Å². The standard InChI is InChI=1S/C19H27NO6S/c1-6-25-17(21)12-9-15(20-18(22)26-19(3,4)5)13-27(23,24)16-10-7-14(2)8-11-16/h7-12,15H,6,13H2,1-5H3,(H,20,22)/b12-9+/t15-/m0/s1. The van der Waals surface area contributed by atoms with Crippen molar-refractivity contribution in [3.05, 3.63) is 42.0 Å². The highest BCUT2D eigenvalue weighted by Gasteiger charge is 2.24. The summed E-state index contributed by atoms with van der Waals surface area (Å²) >= 11 is 0. The molecule has 27 heavy (non-hydrogen) atoms. The van der Waals surface area contributed by atoms with E-state index in [4.69, 9.17) is 9.47 Å². The van der Waals surface area contributed by atoms with Crippen LogP contribution in [0.3, 0.4) is 0 Å². The Balaban J connectivity index is 3.00. The smallest absolute Gasteiger partial charge is 0.408 e. The number of benzene rings is 1. The molecular formula is C19H27NO6S. The van der Waals surface area contributed by atoms with Crippen molar-refractivity contribution in [1.82, 2.24) is 5.32 Å². The molecule has 0 aliphatic carbocycles. The van der Waals surface area contributed by atoms with Crippen molar-refractivity contribution >= 4 is 21.9 Å². The van der Waals surface area contributed by atoms with Gasteiger partial charge in [-0.3, -0.25) is 0 Å². The van der Waals surface area contributed by atoms with E-state index >= 15 is 0 Å². The molecule has 1 N–H and O–H groups in total. The topological polar surface area (TPSA) is 98.8 Å². The van der Waals surface area contributed by atoms with E-state index < -0.39 is 39.3 Å². The number of hydrogen-bond acceptors (Lipinski definition) is 6. The van der Waals surface area contributed by atoms with Crippen LogP contribution in [0.25, 0.3) is 0 Å². The predicted octanol–water partition coefficient (Wildman–Crippen LogP) is 2.78. The second-order valence-corrected chi connectivity index (χ2v) is 8.99. The molecule has 0 radical (unpaired) electrons. The SMILES string of the molecule is CCOC(=O)/C=C/[C@@H](CS(=O)(=O)c1ccc(C)cc1)NC(=O)OC(C)(C)C. The molecule has 0 aromatic heterocycles. The first-order valence-electron chi connectivity index (χ1n) is 8.57. The number of carbonyl (C=O) groups excluding carboxylic acids is 2. The quantitative estimate of drug-likeness (QED) is 0.561. The van der Waals surface area contributed by atoms with Gasteiger partial charge in [-0.2, -0.15) is 0 Å². The highest BCUT2D eigenvalue weighted by molar-refractivity contribution is 7.91. The van der Waals surface area contributed by atoms with Gasteiger partial charge in [0.15, 0.2) is 9.84 Å². The van der Waals surface area contributed by atoms with Gasteiger partial charge < -0.3 is 14.8 Å². The molecule has 0 bridgehead atoms. The van der Waals surface area contributed by atoms with E-state index in [1.165, 1.54) is 18.2 Å². The number of esters is 1. The molecule has 0 fully saturated rings. The van der Waals surface area contributed by atoms with Crippen LogP contribution in [-0.4, -0.2) is 44.5 Å². The second kappa shape index (κ2) is 9.55. The fourth-order valence-corrected chi connectivity index (χ4v) is 3.48. The molecule has 0 aliphatic heterocycles. The van der Waals surface area contributed by atoms with Crippen LogP contribution in [0.4, 0.5) is 4.79 Å². The van der Waals surface area contributed by atoms with Crippen molar-refractivity contribution < 1.29 is 27.5 Å². The number of ether oxygens (including phenoxy) is 2. The van der Waals surface area contributed by atoms with Crippen LogP contribution >= 0.6 is 0 Å². The highest BCUT2D eigenvalue weighted by atomic mass is 32.2. The lowest BCUT2D eigenvalue weighted by atomic mass is 10.2. The summed E-state index contributed by atoms with van der Waals surface area (Å²) in [5.74, 6) is -1.05. The number of nitrogens with one attached hydrogen (secondary N) is 1. The monoisotopic (exact) mass is 397 g/mol. The minimum atomic E-state index is -3.70. The van der Waals surface area contributed by atoms with Crippen LogP contribution in [0, 0.1) is 6.92 Å². The largest absolute Gasteiger partial charge is 0.463 e. The molecule has 150 valence electrons. The van der Waals surface area contributed by atoms with Crippen LogP contribution < -0.4 is 5.32 Å². The number of amides is 1. The lowest BCUT2D eigenvalue weighted by Crippen LogP contribution is -2.41. The Morgan fingerprint density at radius 1 is 1.19 bits per heavy atom. The van der Waals surface area contributed by atoms with Crippen molar-refractivity contribution in [2.75, 3.05) is 12.4 Å². The molecule has 0 aliphatic rings. The maximum atomic E-state index is 12.6. The molecule has 1 atom stereocenters. The van der Waals surface area contributed by atoms with Crippen molar-refractivity contribution in [3.8, 4) is 0 Å². The molecule has 1 aromatic carbocycles. The van der Waals surface area contributed by atoms with Gasteiger partial charge in [0, 0.05) is 6.08 Å². The first-order valence-corrected chi connectivity index (χ1v) is 10.2. The minimum Gasteiger partial charge on any atom is -0.463 e. The summed E-state index contributed by atoms with van der Waals surface area (Å²) in [7, 11) is -3.70. The Labute approximate surface area is 160 Å². The first kappa shape index (κ1) is 22.7. The number of rotatable bonds is 7. The normalized spacial score (nSPS) is 13.2. The van der Waals surface area contributed by atoms with Gasteiger partial charge >= 0.3 is 12.1 Å². The lowest BCUT2D eigenvalue weighted by molar-refractivity contribution is -0.137. The summed E-state index contributed by atoms with van der Waals surface area (Å²) < 4.78 is 35.2. The Morgan fingerprint density at radius 2 is 1.78 bits per heavy atom. The summed E-state index contributed by atoms with van der Waals surface area (Å²) in [5, 5.41) is 2.47. The number of alkyl carbamates (subject to hydrolysis) is 1. The van der Waals surface area contributed by atoms with E-state index in [2.05, 4.69) is 5.32 Å². The number of sulfone groups is 1. The summed E-state index contributed by atoms with van der Waals surface area (Å²) in [6.07, 6.45) is 1.60. The molecular weight excluding hydrogens is 370 g/mol. The van der Waals surface area contributed by atoms with Gasteiger partial charge in [0.1, 0.15) is 5.60 Å². The maximum Gasteiger partial charge on any atom is 0.408 e. The van der Waals surface area contributed by atoms with E-state index in [1.54, 1.807) is 39.8 Å². The van der Waals surface area contributed by atoms with Gasteiger partial charge in [0.2, 0.25) is 0 Å². The van der Waals surface area contributed by atoms with Crippen LogP contribution in [0.2, 0.25) is 0 Å². The maximum absolute atomic E-state index is 12.6. The molecule has 8 heteroatoms. The van der Waals surface area contributed by atoms with Gasteiger partial charge in [-0.25, -0.2) is 18.0 Å². The number of aryl methyl sites for hydroxylation is 1. The van der Waals surface area contributed by atoms with E-state index in [-0.39, 0.29) is 11.5 Å². The summed E-state index contributed by atoms with van der Waals surface area (Å²) in [6, 6.07) is 5.43. The Bertz CT molecular complexity index is 775. The third kappa shape index (κ3) is 8.72. The molecule has 1 rings (SSSR count). The summed E-state index contributed by atoms with van der Waals surface area (Å²) in [6.45, 7) is 8.78. The van der Waals surface area contributed by atoms with Crippen molar-refractivity contribution in [3.63, 3.8) is 0 Å². The second-order valence-electron chi connectivity index (χ2n) is 6.96. The fraction of sp³-hybridized carbons (Fsp3) is 0.474. The number of hydrogen-bond donors (Lipinski definition) is 1. The Hall–Kier alpha value is -2.35. The van der Waals surface area contributed by atoms with Crippen molar-refractivity contribution in [2.45, 2.75) is 51.2 Å². The average Bonchev–Trinajstić information content (AvgIpc) is 2.51.